The number of terminal acetylenes is 1. The predicted molar refractivity (Wildman–Crippen MR) is 43.4 cm³/mol. The summed E-state index contributed by atoms with van der Waals surface area (Å²) in [7, 11) is -2.99. The van der Waals surface area contributed by atoms with Crippen LogP contribution in [0.25, 0.3) is 0 Å². The van der Waals surface area contributed by atoms with Crippen molar-refractivity contribution < 1.29 is 8.42 Å². The van der Waals surface area contributed by atoms with Crippen LogP contribution in [0.1, 0.15) is 12.8 Å². The fraction of sp³-hybridized carbons (Fsp3) is 0.714. The van der Waals surface area contributed by atoms with Crippen LogP contribution in [-0.4, -0.2) is 31.6 Å². The van der Waals surface area contributed by atoms with Gasteiger partial charge in [0.15, 0.2) is 0 Å². The molecule has 0 atom stereocenters. The molecule has 1 fully saturated rings. The lowest BCUT2D eigenvalue weighted by Gasteiger charge is -2.23. The molecule has 0 aromatic carbocycles. The fourth-order valence-corrected chi connectivity index (χ4v) is 2.63. The van der Waals surface area contributed by atoms with Crippen molar-refractivity contribution in [3.8, 4) is 12.3 Å². The molecule has 0 bridgehead atoms. The third kappa shape index (κ3) is 1.95. The zero-order chi connectivity index (χ0) is 8.32. The first-order chi connectivity index (χ1) is 5.17. The molecule has 1 saturated heterocycles. The van der Waals surface area contributed by atoms with Crippen LogP contribution in [-0.2, 0) is 10.0 Å². The summed E-state index contributed by atoms with van der Waals surface area (Å²) in [5, 5.41) is 0. The van der Waals surface area contributed by atoms with Gasteiger partial charge in [0.1, 0.15) is 0 Å². The van der Waals surface area contributed by atoms with Gasteiger partial charge in [-0.3, -0.25) is 0 Å². The van der Waals surface area contributed by atoms with E-state index in [0.717, 1.165) is 12.8 Å². The smallest absolute Gasteiger partial charge is 0.212 e. The molecule has 0 saturated carbocycles. The van der Waals surface area contributed by atoms with Gasteiger partial charge in [-0.1, -0.05) is 5.92 Å². The van der Waals surface area contributed by atoms with Gasteiger partial charge in [0.25, 0.3) is 0 Å². The van der Waals surface area contributed by atoms with Crippen LogP contribution in [0.15, 0.2) is 0 Å². The van der Waals surface area contributed by atoms with Crippen molar-refractivity contribution in [3.05, 3.63) is 0 Å². The second-order valence-corrected chi connectivity index (χ2v) is 4.65. The molecule has 11 heavy (non-hydrogen) atoms. The minimum Gasteiger partial charge on any atom is -0.212 e. The Balaban J connectivity index is 2.70. The molecule has 0 spiro atoms. The van der Waals surface area contributed by atoms with Crippen LogP contribution < -0.4 is 0 Å². The van der Waals surface area contributed by atoms with Gasteiger partial charge < -0.3 is 0 Å². The van der Waals surface area contributed by atoms with Gasteiger partial charge in [0.2, 0.25) is 10.0 Å². The van der Waals surface area contributed by atoms with E-state index in [0.29, 0.717) is 6.54 Å². The molecule has 1 rings (SSSR count). The molecule has 1 aliphatic heterocycles. The van der Waals surface area contributed by atoms with E-state index in [1.165, 1.54) is 4.31 Å². The lowest BCUT2D eigenvalue weighted by Crippen LogP contribution is -2.37. The van der Waals surface area contributed by atoms with E-state index in [1.54, 1.807) is 0 Å². The highest BCUT2D eigenvalue weighted by atomic mass is 32.2. The first kappa shape index (κ1) is 8.57. The standard InChI is InChI=1S/C7H11NO2S/c1-2-5-8-6-3-4-7-11(8,9)10/h1H,3-7H2. The minimum absolute atomic E-state index is 0.225. The fourth-order valence-electron chi connectivity index (χ4n) is 1.12. The molecule has 0 aromatic heterocycles. The summed E-state index contributed by atoms with van der Waals surface area (Å²) in [4.78, 5) is 0. The average molecular weight is 173 g/mol. The normalized spacial score (nSPS) is 24.3. The summed E-state index contributed by atoms with van der Waals surface area (Å²) in [6, 6.07) is 0. The van der Waals surface area contributed by atoms with Crippen LogP contribution >= 0.6 is 0 Å². The highest BCUT2D eigenvalue weighted by Crippen LogP contribution is 2.11. The highest BCUT2D eigenvalue weighted by Gasteiger charge is 2.24. The Morgan fingerprint density at radius 3 is 2.73 bits per heavy atom. The van der Waals surface area contributed by atoms with E-state index >= 15 is 0 Å². The summed E-state index contributed by atoms with van der Waals surface area (Å²) < 4.78 is 23.8. The monoisotopic (exact) mass is 173 g/mol. The molecule has 1 aliphatic rings. The van der Waals surface area contributed by atoms with Crippen molar-refractivity contribution in [1.29, 1.82) is 0 Å². The number of hydrogen-bond donors (Lipinski definition) is 0. The van der Waals surface area contributed by atoms with Crippen molar-refractivity contribution in [2.45, 2.75) is 12.8 Å². The minimum atomic E-state index is -2.99. The van der Waals surface area contributed by atoms with Gasteiger partial charge in [-0.05, 0) is 12.8 Å². The molecule has 0 aromatic rings. The van der Waals surface area contributed by atoms with Gasteiger partial charge in [0, 0.05) is 6.54 Å². The van der Waals surface area contributed by atoms with E-state index in [-0.39, 0.29) is 12.3 Å². The SMILES string of the molecule is C#CCN1CCCCS1(=O)=O. The molecule has 0 aliphatic carbocycles. The Kier molecular flexibility index (Phi) is 2.53. The van der Waals surface area contributed by atoms with Crippen LogP contribution in [0.3, 0.4) is 0 Å². The Morgan fingerprint density at radius 1 is 1.45 bits per heavy atom. The first-order valence-electron chi connectivity index (χ1n) is 3.58. The second-order valence-electron chi connectivity index (χ2n) is 2.56. The Labute approximate surface area is 67.4 Å². The third-order valence-electron chi connectivity index (χ3n) is 1.72. The van der Waals surface area contributed by atoms with Gasteiger partial charge in [0.05, 0.1) is 12.3 Å². The number of hydrogen-bond acceptors (Lipinski definition) is 2. The molecule has 1 heterocycles. The molecular formula is C7H11NO2S. The maximum Gasteiger partial charge on any atom is 0.214 e. The van der Waals surface area contributed by atoms with E-state index in [4.69, 9.17) is 6.42 Å². The Bertz CT molecular complexity index is 263. The van der Waals surface area contributed by atoms with Crippen LogP contribution in [0.4, 0.5) is 0 Å². The molecule has 3 nitrogen and oxygen atoms in total. The summed E-state index contributed by atoms with van der Waals surface area (Å²) in [6.45, 7) is 0.814. The molecule has 0 unspecified atom stereocenters. The average Bonchev–Trinajstić information content (AvgIpc) is 1.94. The Morgan fingerprint density at radius 2 is 2.18 bits per heavy atom. The second kappa shape index (κ2) is 3.24. The van der Waals surface area contributed by atoms with E-state index in [1.807, 2.05) is 0 Å². The van der Waals surface area contributed by atoms with Crippen LogP contribution in [0, 0.1) is 12.3 Å². The zero-order valence-electron chi connectivity index (χ0n) is 6.28. The topological polar surface area (TPSA) is 37.4 Å². The summed E-state index contributed by atoms with van der Waals surface area (Å²) >= 11 is 0. The van der Waals surface area contributed by atoms with E-state index in [2.05, 4.69) is 5.92 Å². The molecular weight excluding hydrogens is 162 g/mol. The largest absolute Gasteiger partial charge is 0.214 e. The third-order valence-corrected chi connectivity index (χ3v) is 3.62. The molecule has 0 amide bonds. The van der Waals surface area contributed by atoms with Gasteiger partial charge in [-0.25, -0.2) is 8.42 Å². The lowest BCUT2D eigenvalue weighted by molar-refractivity contribution is 0.414. The number of rotatable bonds is 1. The molecule has 0 N–H and O–H groups in total. The zero-order valence-corrected chi connectivity index (χ0v) is 7.10. The van der Waals surface area contributed by atoms with Crippen molar-refractivity contribution in [3.63, 3.8) is 0 Å². The molecule has 62 valence electrons. The quantitative estimate of drug-likeness (QED) is 0.525. The summed E-state index contributed by atoms with van der Waals surface area (Å²) in [5.41, 5.74) is 0. The van der Waals surface area contributed by atoms with Crippen molar-refractivity contribution in [2.75, 3.05) is 18.8 Å². The maximum atomic E-state index is 11.2. The van der Waals surface area contributed by atoms with Crippen molar-refractivity contribution >= 4 is 10.0 Å². The van der Waals surface area contributed by atoms with Crippen molar-refractivity contribution in [1.82, 2.24) is 4.31 Å². The van der Waals surface area contributed by atoms with Gasteiger partial charge in [-0.2, -0.15) is 4.31 Å². The van der Waals surface area contributed by atoms with E-state index < -0.39 is 10.0 Å². The lowest BCUT2D eigenvalue weighted by atomic mass is 10.3. The first-order valence-corrected chi connectivity index (χ1v) is 5.19. The maximum absolute atomic E-state index is 11.2. The van der Waals surface area contributed by atoms with Crippen LogP contribution in [0.2, 0.25) is 0 Å². The van der Waals surface area contributed by atoms with E-state index in [9.17, 15) is 8.42 Å². The Hall–Kier alpha value is -0.530. The molecule has 0 radical (unpaired) electrons. The number of nitrogens with zero attached hydrogens (tertiary/aromatic N) is 1. The highest BCUT2D eigenvalue weighted by molar-refractivity contribution is 7.89. The predicted octanol–water partition coefficient (Wildman–Crippen LogP) is 0.0452. The summed E-state index contributed by atoms with van der Waals surface area (Å²) in [5.74, 6) is 2.60. The van der Waals surface area contributed by atoms with Gasteiger partial charge in [-0.15, -0.1) is 6.42 Å². The van der Waals surface area contributed by atoms with Crippen molar-refractivity contribution in [2.24, 2.45) is 0 Å². The van der Waals surface area contributed by atoms with Crippen LogP contribution in [0.5, 0.6) is 0 Å². The molecule has 4 heteroatoms. The van der Waals surface area contributed by atoms with Gasteiger partial charge >= 0.3 is 0 Å². The number of sulfonamides is 1. The summed E-state index contributed by atoms with van der Waals surface area (Å²) in [6.07, 6.45) is 6.72.